The van der Waals surface area contributed by atoms with Crippen LogP contribution < -0.4 is 15.0 Å². The Morgan fingerprint density at radius 2 is 1.43 bits per heavy atom. The van der Waals surface area contributed by atoms with E-state index in [2.05, 4.69) is 25.0 Å². The molecule has 0 saturated carbocycles. The lowest BCUT2D eigenvalue weighted by Crippen LogP contribution is -2.49. The molecule has 2 aromatic carbocycles. The zero-order valence-corrected chi connectivity index (χ0v) is 21.3. The third-order valence-electron chi connectivity index (χ3n) is 5.94. The molecule has 1 amide bonds. The topological polar surface area (TPSA) is 83.5 Å². The highest BCUT2D eigenvalue weighted by Crippen LogP contribution is 2.32. The Labute approximate surface area is 232 Å². The van der Waals surface area contributed by atoms with Crippen LogP contribution in [0.1, 0.15) is 16.7 Å². The fraction of sp³-hybridized carbons (Fsp3) is 0.360. The molecule has 1 aliphatic rings. The minimum Gasteiger partial charge on any atom is -0.454 e. The van der Waals surface area contributed by atoms with Crippen molar-refractivity contribution in [3.05, 3.63) is 65.2 Å². The lowest BCUT2D eigenvalue weighted by atomic mass is 10.1. The number of hydrogen-bond acceptors (Lipinski definition) is 7. The van der Waals surface area contributed by atoms with E-state index in [-0.39, 0.29) is 55.7 Å². The van der Waals surface area contributed by atoms with Gasteiger partial charge in [0.25, 0.3) is 0 Å². The first-order chi connectivity index (χ1) is 19.6. The Morgan fingerprint density at radius 3 is 2.05 bits per heavy atom. The first kappa shape index (κ1) is 30.6. The lowest BCUT2D eigenvalue weighted by Gasteiger charge is -2.35. The molecule has 17 heteroatoms. The molecule has 2 heterocycles. The maximum Gasteiger partial charge on any atom is 0.422 e. The van der Waals surface area contributed by atoms with Gasteiger partial charge in [-0.05, 0) is 29.8 Å². The van der Waals surface area contributed by atoms with Crippen molar-refractivity contribution in [2.24, 2.45) is 0 Å². The van der Waals surface area contributed by atoms with E-state index in [9.17, 15) is 44.3 Å². The van der Waals surface area contributed by atoms with Crippen LogP contribution in [0, 0.1) is 0 Å². The number of rotatable bonds is 7. The van der Waals surface area contributed by atoms with Gasteiger partial charge in [0.2, 0.25) is 17.8 Å². The Hall–Kier alpha value is -4.31. The Bertz CT molecular complexity index is 1400. The van der Waals surface area contributed by atoms with Gasteiger partial charge in [-0.3, -0.25) is 4.79 Å². The number of aromatic nitrogens is 3. The van der Waals surface area contributed by atoms with Gasteiger partial charge in [-0.1, -0.05) is 24.3 Å². The summed E-state index contributed by atoms with van der Waals surface area (Å²) in [7, 11) is 0. The van der Waals surface area contributed by atoms with E-state index in [0.717, 1.165) is 30.3 Å². The molecule has 0 aliphatic carbocycles. The molecule has 226 valence electrons. The highest BCUT2D eigenvalue weighted by molar-refractivity contribution is 5.79. The number of carbonyl (C=O) groups excluding carboxylic acids is 1. The van der Waals surface area contributed by atoms with Gasteiger partial charge in [0.1, 0.15) is 0 Å². The third-order valence-corrected chi connectivity index (χ3v) is 5.94. The molecule has 0 radical (unpaired) electrons. The lowest BCUT2D eigenvalue weighted by molar-refractivity contribution is -0.154. The van der Waals surface area contributed by atoms with Crippen molar-refractivity contribution in [2.75, 3.05) is 43.0 Å². The maximum atomic E-state index is 13.1. The molecular weight excluding hydrogens is 587 g/mol. The zero-order chi connectivity index (χ0) is 30.7. The number of alkyl halides is 9. The number of hydrogen-bond donors (Lipinski definition) is 1. The predicted molar refractivity (Wildman–Crippen MR) is 130 cm³/mol. The first-order valence-electron chi connectivity index (χ1n) is 12.2. The minimum absolute atomic E-state index is 0.0820. The van der Waals surface area contributed by atoms with Gasteiger partial charge in [-0.15, -0.1) is 0 Å². The highest BCUT2D eigenvalue weighted by atomic mass is 19.4. The molecule has 0 bridgehead atoms. The Kier molecular flexibility index (Phi) is 8.68. The third kappa shape index (κ3) is 8.36. The van der Waals surface area contributed by atoms with Gasteiger partial charge in [0.15, 0.2) is 6.61 Å². The van der Waals surface area contributed by atoms with E-state index in [4.69, 9.17) is 0 Å². The second-order valence-corrected chi connectivity index (χ2v) is 9.09. The highest BCUT2D eigenvalue weighted by Gasteiger charge is 2.32. The van der Waals surface area contributed by atoms with Crippen LogP contribution in [0.25, 0.3) is 0 Å². The van der Waals surface area contributed by atoms with Gasteiger partial charge in [0, 0.05) is 31.9 Å². The molecule has 1 aromatic heterocycles. The second-order valence-electron chi connectivity index (χ2n) is 9.09. The number of anilines is 3. The average molecular weight is 608 g/mol. The number of carbonyl (C=O) groups is 1. The first-order valence-corrected chi connectivity index (χ1v) is 12.2. The van der Waals surface area contributed by atoms with E-state index in [1.54, 1.807) is 0 Å². The number of halogens is 9. The molecule has 1 saturated heterocycles. The molecule has 3 aromatic rings. The molecule has 8 nitrogen and oxygen atoms in total. The number of benzene rings is 2. The van der Waals surface area contributed by atoms with E-state index >= 15 is 0 Å². The number of amides is 1. The molecule has 0 spiro atoms. The van der Waals surface area contributed by atoms with Crippen LogP contribution in [0.4, 0.5) is 57.1 Å². The van der Waals surface area contributed by atoms with Crippen molar-refractivity contribution in [2.45, 2.75) is 24.9 Å². The van der Waals surface area contributed by atoms with Gasteiger partial charge < -0.3 is 19.9 Å². The fourth-order valence-electron chi connectivity index (χ4n) is 3.96. The van der Waals surface area contributed by atoms with E-state index in [1.165, 1.54) is 28.0 Å². The summed E-state index contributed by atoms with van der Waals surface area (Å²) in [5.74, 6) is -0.994. The van der Waals surface area contributed by atoms with Gasteiger partial charge in [-0.25, -0.2) is 0 Å². The van der Waals surface area contributed by atoms with Crippen LogP contribution in [-0.4, -0.2) is 64.7 Å². The normalized spacial score (nSPS) is 14.6. The van der Waals surface area contributed by atoms with Crippen LogP contribution in [-0.2, 0) is 23.6 Å². The zero-order valence-electron chi connectivity index (χ0n) is 21.3. The fourth-order valence-corrected chi connectivity index (χ4v) is 3.96. The van der Waals surface area contributed by atoms with Crippen molar-refractivity contribution in [3.63, 3.8) is 0 Å². The smallest absolute Gasteiger partial charge is 0.422 e. The molecule has 1 aliphatic heterocycles. The summed E-state index contributed by atoms with van der Waals surface area (Å²) in [5, 5.41) is 2.51. The minimum atomic E-state index is -4.73. The summed E-state index contributed by atoms with van der Waals surface area (Å²) < 4.78 is 121. The van der Waals surface area contributed by atoms with E-state index < -0.39 is 48.2 Å². The summed E-state index contributed by atoms with van der Waals surface area (Å²) in [6, 6.07) is 7.61. The molecule has 42 heavy (non-hydrogen) atoms. The van der Waals surface area contributed by atoms with E-state index in [1.807, 2.05) is 0 Å². The predicted octanol–water partition coefficient (Wildman–Crippen LogP) is 5.49. The van der Waals surface area contributed by atoms with Gasteiger partial charge in [0.05, 0.1) is 17.5 Å². The Morgan fingerprint density at radius 1 is 0.810 bits per heavy atom. The van der Waals surface area contributed by atoms with Crippen molar-refractivity contribution < 1.29 is 49.0 Å². The molecule has 1 N–H and O–H groups in total. The Balaban J connectivity index is 1.48. The number of piperazine rings is 1. The summed E-state index contributed by atoms with van der Waals surface area (Å²) in [6.07, 6.45) is -14.2. The number of nitrogens with zero attached hydrogens (tertiary/aromatic N) is 5. The summed E-state index contributed by atoms with van der Waals surface area (Å²) >= 11 is 0. The quantitative estimate of drug-likeness (QED) is 0.356. The van der Waals surface area contributed by atoms with Crippen molar-refractivity contribution >= 4 is 23.5 Å². The van der Waals surface area contributed by atoms with Crippen LogP contribution in [0.5, 0.6) is 6.01 Å². The monoisotopic (exact) mass is 608 g/mol. The summed E-state index contributed by atoms with van der Waals surface area (Å²) in [4.78, 5) is 27.3. The molecule has 0 atom stereocenters. The van der Waals surface area contributed by atoms with Gasteiger partial charge in [-0.2, -0.15) is 54.5 Å². The van der Waals surface area contributed by atoms with Crippen LogP contribution in [0.2, 0.25) is 0 Å². The van der Waals surface area contributed by atoms with Crippen molar-refractivity contribution in [3.8, 4) is 6.01 Å². The molecular formula is C25H21F9N6O2. The SMILES string of the molecule is O=C(Cc1cccc(C(F)(F)F)c1)N1CCN(c2nc(Nc3cccc(C(F)(F)F)c3)nc(OCC(F)(F)F)n2)CC1. The largest absolute Gasteiger partial charge is 0.454 e. The van der Waals surface area contributed by atoms with E-state index in [0.29, 0.717) is 0 Å². The standard InChI is InChI=1S/C25H21F9N6O2/c26-23(27,28)14-42-22-37-20(35-18-6-2-5-17(13-18)25(32,33)34)36-21(38-22)40-9-7-39(8-10-40)19(41)12-15-3-1-4-16(11-15)24(29,30)31/h1-6,11,13H,7-10,12,14H2,(H,35,36,37,38). The van der Waals surface area contributed by atoms with Crippen LogP contribution in [0.15, 0.2) is 48.5 Å². The molecule has 1 fully saturated rings. The molecule has 0 unspecified atom stereocenters. The second kappa shape index (κ2) is 11.9. The van der Waals surface area contributed by atoms with Crippen LogP contribution in [0.3, 0.4) is 0 Å². The van der Waals surface area contributed by atoms with Crippen molar-refractivity contribution in [1.29, 1.82) is 0 Å². The summed E-state index contributed by atoms with van der Waals surface area (Å²) in [6.45, 7) is -1.41. The molecule has 4 rings (SSSR count). The number of ether oxygens (including phenoxy) is 1. The average Bonchev–Trinajstić information content (AvgIpc) is 2.91. The summed E-state index contributed by atoms with van der Waals surface area (Å²) in [5.41, 5.74) is -1.80. The van der Waals surface area contributed by atoms with Crippen LogP contribution >= 0.6 is 0 Å². The maximum absolute atomic E-state index is 13.1. The number of nitrogens with one attached hydrogen (secondary N) is 1. The van der Waals surface area contributed by atoms with Gasteiger partial charge >= 0.3 is 24.5 Å². The van der Waals surface area contributed by atoms with Crippen molar-refractivity contribution in [1.82, 2.24) is 19.9 Å².